The van der Waals surface area contributed by atoms with Gasteiger partial charge in [0, 0.05) is 28.7 Å². The topological polar surface area (TPSA) is 44.9 Å². The van der Waals surface area contributed by atoms with Gasteiger partial charge in [0.25, 0.3) is 5.91 Å². The van der Waals surface area contributed by atoms with E-state index < -0.39 is 0 Å². The van der Waals surface area contributed by atoms with Gasteiger partial charge in [-0.3, -0.25) is 4.79 Å². The molecular weight excluding hydrogens is 356 g/mol. The third-order valence-electron chi connectivity index (χ3n) is 5.70. The molecular formula is C26H24N2O. The summed E-state index contributed by atoms with van der Waals surface area (Å²) < 4.78 is 0. The molecule has 1 aliphatic carbocycles. The Morgan fingerprint density at radius 1 is 1.00 bits per heavy atom. The first-order valence-corrected chi connectivity index (χ1v) is 10.2. The lowest BCUT2D eigenvalue weighted by Gasteiger charge is -2.09. The van der Waals surface area contributed by atoms with Crippen molar-refractivity contribution in [3.05, 3.63) is 95.2 Å². The van der Waals surface area contributed by atoms with Crippen LogP contribution in [-0.4, -0.2) is 10.9 Å². The second kappa shape index (κ2) is 7.25. The molecule has 29 heavy (non-hydrogen) atoms. The van der Waals surface area contributed by atoms with Crippen LogP contribution in [0.25, 0.3) is 22.0 Å². The van der Waals surface area contributed by atoms with Crippen molar-refractivity contribution < 1.29 is 4.79 Å². The number of aromatic amines is 1. The van der Waals surface area contributed by atoms with Gasteiger partial charge in [-0.2, -0.15) is 0 Å². The molecule has 0 atom stereocenters. The SMILES string of the molecule is Cc1cc2c(-c3ccc(C(=O)NCc4ccccc4)cc3)cc(C3CC3)cc2[nH]1. The standard InChI is InChI=1S/C26H24N2O/c1-17-13-24-23(14-22(19-7-8-19)15-25(24)28-17)20-9-11-21(12-10-20)26(29)27-16-18-5-3-2-4-6-18/h2-6,9-15,19,28H,7-8,16H2,1H3,(H,27,29). The van der Waals surface area contributed by atoms with E-state index in [4.69, 9.17) is 0 Å². The lowest BCUT2D eigenvalue weighted by molar-refractivity contribution is 0.0951. The van der Waals surface area contributed by atoms with Crippen molar-refractivity contribution >= 4 is 16.8 Å². The number of hydrogen-bond donors (Lipinski definition) is 2. The molecule has 0 saturated heterocycles. The first-order valence-electron chi connectivity index (χ1n) is 10.2. The second-order valence-electron chi connectivity index (χ2n) is 8.00. The molecule has 0 spiro atoms. The quantitative estimate of drug-likeness (QED) is 0.441. The van der Waals surface area contributed by atoms with E-state index in [1.807, 2.05) is 42.5 Å². The monoisotopic (exact) mass is 380 g/mol. The number of carbonyl (C=O) groups excluding carboxylic acids is 1. The smallest absolute Gasteiger partial charge is 0.251 e. The molecule has 3 nitrogen and oxygen atoms in total. The van der Waals surface area contributed by atoms with E-state index in [2.05, 4.69) is 47.6 Å². The van der Waals surface area contributed by atoms with Crippen LogP contribution in [0.3, 0.4) is 0 Å². The van der Waals surface area contributed by atoms with Crippen LogP contribution in [0.5, 0.6) is 0 Å². The summed E-state index contributed by atoms with van der Waals surface area (Å²) in [6.07, 6.45) is 2.57. The summed E-state index contributed by atoms with van der Waals surface area (Å²) in [4.78, 5) is 16.0. The van der Waals surface area contributed by atoms with Crippen LogP contribution in [0.4, 0.5) is 0 Å². The van der Waals surface area contributed by atoms with Gasteiger partial charge in [0.15, 0.2) is 0 Å². The highest BCUT2D eigenvalue weighted by Gasteiger charge is 2.25. The van der Waals surface area contributed by atoms with Gasteiger partial charge >= 0.3 is 0 Å². The summed E-state index contributed by atoms with van der Waals surface area (Å²) in [5, 5.41) is 4.24. The van der Waals surface area contributed by atoms with Crippen LogP contribution in [0.2, 0.25) is 0 Å². The van der Waals surface area contributed by atoms with E-state index in [0.29, 0.717) is 18.0 Å². The zero-order chi connectivity index (χ0) is 19.8. The number of H-pyrrole nitrogens is 1. The summed E-state index contributed by atoms with van der Waals surface area (Å²) in [5.41, 5.74) is 7.96. The van der Waals surface area contributed by atoms with Gasteiger partial charge in [0.2, 0.25) is 0 Å². The third-order valence-corrected chi connectivity index (χ3v) is 5.70. The van der Waals surface area contributed by atoms with Gasteiger partial charge in [0.1, 0.15) is 0 Å². The average Bonchev–Trinajstić information content (AvgIpc) is 3.53. The van der Waals surface area contributed by atoms with E-state index >= 15 is 0 Å². The Bertz CT molecular complexity index is 1170. The maximum Gasteiger partial charge on any atom is 0.251 e. The fourth-order valence-corrected chi connectivity index (χ4v) is 3.97. The van der Waals surface area contributed by atoms with Crippen molar-refractivity contribution in [1.29, 1.82) is 0 Å². The highest BCUT2D eigenvalue weighted by Crippen LogP contribution is 2.43. The van der Waals surface area contributed by atoms with Gasteiger partial charge in [-0.05, 0) is 72.2 Å². The zero-order valence-electron chi connectivity index (χ0n) is 16.5. The molecule has 1 aromatic heterocycles. The van der Waals surface area contributed by atoms with Gasteiger partial charge in [-0.15, -0.1) is 0 Å². The summed E-state index contributed by atoms with van der Waals surface area (Å²) in [7, 11) is 0. The number of aromatic nitrogens is 1. The number of benzene rings is 3. The molecule has 4 aromatic rings. The van der Waals surface area contributed by atoms with E-state index in [1.165, 1.54) is 40.6 Å². The van der Waals surface area contributed by atoms with Crippen molar-refractivity contribution in [3.63, 3.8) is 0 Å². The summed E-state index contributed by atoms with van der Waals surface area (Å²) in [5.74, 6) is 0.652. The lowest BCUT2D eigenvalue weighted by Crippen LogP contribution is -2.22. The predicted octanol–water partition coefficient (Wildman–Crippen LogP) is 5.95. The normalized spacial score (nSPS) is 13.6. The molecule has 0 aliphatic heterocycles. The highest BCUT2D eigenvalue weighted by molar-refractivity contribution is 5.98. The molecule has 5 rings (SSSR count). The van der Waals surface area contributed by atoms with Crippen molar-refractivity contribution in [3.8, 4) is 11.1 Å². The molecule has 2 N–H and O–H groups in total. The fraction of sp³-hybridized carbons (Fsp3) is 0.192. The van der Waals surface area contributed by atoms with E-state index in [9.17, 15) is 4.79 Å². The zero-order valence-corrected chi connectivity index (χ0v) is 16.5. The van der Waals surface area contributed by atoms with Crippen molar-refractivity contribution in [2.75, 3.05) is 0 Å². The predicted molar refractivity (Wildman–Crippen MR) is 118 cm³/mol. The Morgan fingerprint density at radius 2 is 1.76 bits per heavy atom. The minimum Gasteiger partial charge on any atom is -0.359 e. The minimum atomic E-state index is -0.0465. The van der Waals surface area contributed by atoms with Gasteiger partial charge in [0.05, 0.1) is 0 Å². The third kappa shape index (κ3) is 3.68. The van der Waals surface area contributed by atoms with Crippen molar-refractivity contribution in [2.24, 2.45) is 0 Å². The molecule has 0 bridgehead atoms. The number of rotatable bonds is 5. The molecule has 1 saturated carbocycles. The molecule has 1 fully saturated rings. The Labute approximate surface area is 170 Å². The number of aryl methyl sites for hydroxylation is 1. The number of amides is 1. The van der Waals surface area contributed by atoms with Crippen LogP contribution in [0.1, 0.15) is 45.9 Å². The van der Waals surface area contributed by atoms with Crippen LogP contribution in [0.15, 0.2) is 72.8 Å². The summed E-state index contributed by atoms with van der Waals surface area (Å²) in [6, 6.07) is 24.8. The van der Waals surface area contributed by atoms with E-state index in [-0.39, 0.29) is 5.91 Å². The Morgan fingerprint density at radius 3 is 2.48 bits per heavy atom. The molecule has 3 heteroatoms. The largest absolute Gasteiger partial charge is 0.359 e. The Balaban J connectivity index is 1.40. The first-order chi connectivity index (χ1) is 14.2. The van der Waals surface area contributed by atoms with Gasteiger partial charge < -0.3 is 10.3 Å². The molecule has 1 amide bonds. The molecule has 0 radical (unpaired) electrons. The van der Waals surface area contributed by atoms with Crippen molar-refractivity contribution in [1.82, 2.24) is 10.3 Å². The Kier molecular flexibility index (Phi) is 4.44. The van der Waals surface area contributed by atoms with Crippen LogP contribution in [-0.2, 0) is 6.54 Å². The molecule has 3 aromatic carbocycles. The van der Waals surface area contributed by atoms with Gasteiger partial charge in [-0.25, -0.2) is 0 Å². The fourth-order valence-electron chi connectivity index (χ4n) is 3.97. The Hall–Kier alpha value is -3.33. The maximum absolute atomic E-state index is 12.5. The molecule has 1 aliphatic rings. The number of fused-ring (bicyclic) bond motifs is 1. The highest BCUT2D eigenvalue weighted by atomic mass is 16.1. The minimum absolute atomic E-state index is 0.0465. The number of nitrogens with one attached hydrogen (secondary N) is 2. The summed E-state index contributed by atoms with van der Waals surface area (Å²) in [6.45, 7) is 2.63. The van der Waals surface area contributed by atoms with Crippen molar-refractivity contribution in [2.45, 2.75) is 32.2 Å². The number of carbonyl (C=O) groups is 1. The summed E-state index contributed by atoms with van der Waals surface area (Å²) >= 11 is 0. The van der Waals surface area contributed by atoms with Crippen LogP contribution in [0, 0.1) is 6.92 Å². The van der Waals surface area contributed by atoms with Gasteiger partial charge in [-0.1, -0.05) is 48.5 Å². The van der Waals surface area contributed by atoms with Crippen LogP contribution >= 0.6 is 0 Å². The van der Waals surface area contributed by atoms with E-state index in [0.717, 1.165) is 11.1 Å². The second-order valence-corrected chi connectivity index (χ2v) is 8.00. The van der Waals surface area contributed by atoms with E-state index in [1.54, 1.807) is 0 Å². The molecule has 0 unspecified atom stereocenters. The average molecular weight is 380 g/mol. The maximum atomic E-state index is 12.5. The first kappa shape index (κ1) is 17.7. The molecule has 1 heterocycles. The lowest BCUT2D eigenvalue weighted by atomic mass is 9.96. The van der Waals surface area contributed by atoms with Crippen LogP contribution < -0.4 is 5.32 Å². The molecule has 144 valence electrons. The number of hydrogen-bond acceptors (Lipinski definition) is 1.